The van der Waals surface area contributed by atoms with Crippen LogP contribution < -0.4 is 16.0 Å². The normalized spacial score (nSPS) is 11.6. The third-order valence-electron chi connectivity index (χ3n) is 4.09. The summed E-state index contributed by atoms with van der Waals surface area (Å²) < 4.78 is 0. The van der Waals surface area contributed by atoms with Gasteiger partial charge < -0.3 is 16.0 Å². The van der Waals surface area contributed by atoms with Gasteiger partial charge in [-0.3, -0.25) is 14.4 Å². The average molecular weight is 367 g/mol. The van der Waals surface area contributed by atoms with Crippen molar-refractivity contribution in [3.05, 3.63) is 65.7 Å². The molecule has 3 N–H and O–H groups in total. The van der Waals surface area contributed by atoms with E-state index in [0.717, 1.165) is 5.56 Å². The molecular weight excluding hydrogens is 342 g/mol. The number of hydrogen-bond acceptors (Lipinski definition) is 3. The highest BCUT2D eigenvalue weighted by atomic mass is 16.2. The third-order valence-corrected chi connectivity index (χ3v) is 4.09. The maximum Gasteiger partial charge on any atom is 0.251 e. The van der Waals surface area contributed by atoms with Crippen LogP contribution in [0.3, 0.4) is 0 Å². The number of hydrogen-bond donors (Lipinski definition) is 3. The first-order chi connectivity index (χ1) is 12.9. The van der Waals surface area contributed by atoms with E-state index in [0.29, 0.717) is 11.3 Å². The van der Waals surface area contributed by atoms with Crippen molar-refractivity contribution in [2.75, 3.05) is 12.4 Å². The first-order valence-electron chi connectivity index (χ1n) is 8.87. The SMILES string of the molecule is CNC(=O)c1cccc(NC(=O)C(NC(=O)Cc2ccccc2)C(C)C)c1. The van der Waals surface area contributed by atoms with Gasteiger partial charge in [-0.2, -0.15) is 0 Å². The predicted octanol–water partition coefficient (Wildman–Crippen LogP) is 2.37. The Balaban J connectivity index is 2.04. The molecule has 0 heterocycles. The van der Waals surface area contributed by atoms with Crippen molar-refractivity contribution in [2.45, 2.75) is 26.3 Å². The van der Waals surface area contributed by atoms with Gasteiger partial charge in [0.25, 0.3) is 5.91 Å². The fourth-order valence-electron chi connectivity index (χ4n) is 2.64. The van der Waals surface area contributed by atoms with E-state index < -0.39 is 6.04 Å². The third kappa shape index (κ3) is 5.95. The molecule has 27 heavy (non-hydrogen) atoms. The van der Waals surface area contributed by atoms with Crippen molar-refractivity contribution < 1.29 is 14.4 Å². The van der Waals surface area contributed by atoms with Crippen LogP contribution in [-0.4, -0.2) is 30.8 Å². The monoisotopic (exact) mass is 367 g/mol. The van der Waals surface area contributed by atoms with Crippen LogP contribution in [-0.2, 0) is 16.0 Å². The molecule has 0 radical (unpaired) electrons. The molecule has 0 bridgehead atoms. The summed E-state index contributed by atoms with van der Waals surface area (Å²) in [5, 5.41) is 8.12. The van der Waals surface area contributed by atoms with Crippen molar-refractivity contribution in [3.8, 4) is 0 Å². The standard InChI is InChI=1S/C21H25N3O3/c1-14(2)19(24-18(25)12-15-8-5-4-6-9-15)21(27)23-17-11-7-10-16(13-17)20(26)22-3/h4-11,13-14,19H,12H2,1-3H3,(H,22,26)(H,23,27)(H,24,25). The highest BCUT2D eigenvalue weighted by Crippen LogP contribution is 2.13. The zero-order chi connectivity index (χ0) is 19.8. The van der Waals surface area contributed by atoms with Crippen molar-refractivity contribution in [2.24, 2.45) is 5.92 Å². The molecule has 2 aromatic carbocycles. The smallest absolute Gasteiger partial charge is 0.251 e. The highest BCUT2D eigenvalue weighted by molar-refractivity contribution is 5.99. The average Bonchev–Trinajstić information content (AvgIpc) is 2.66. The second-order valence-corrected chi connectivity index (χ2v) is 6.60. The van der Waals surface area contributed by atoms with Gasteiger partial charge >= 0.3 is 0 Å². The molecule has 0 spiro atoms. The summed E-state index contributed by atoms with van der Waals surface area (Å²) in [4.78, 5) is 36.7. The van der Waals surface area contributed by atoms with Crippen molar-refractivity contribution in [1.82, 2.24) is 10.6 Å². The Morgan fingerprint density at radius 2 is 1.67 bits per heavy atom. The zero-order valence-corrected chi connectivity index (χ0v) is 15.8. The topological polar surface area (TPSA) is 87.3 Å². The molecule has 6 nitrogen and oxygen atoms in total. The van der Waals surface area contributed by atoms with Crippen LogP contribution in [0.1, 0.15) is 29.8 Å². The molecule has 0 saturated carbocycles. The van der Waals surface area contributed by atoms with Gasteiger partial charge in [0.15, 0.2) is 0 Å². The minimum absolute atomic E-state index is 0.0909. The van der Waals surface area contributed by atoms with Crippen LogP contribution in [0.5, 0.6) is 0 Å². The number of nitrogens with one attached hydrogen (secondary N) is 3. The first-order valence-corrected chi connectivity index (χ1v) is 8.87. The quantitative estimate of drug-likeness (QED) is 0.702. The summed E-state index contributed by atoms with van der Waals surface area (Å²) in [6.07, 6.45) is 0.212. The maximum atomic E-state index is 12.7. The molecule has 0 aliphatic carbocycles. The van der Waals surface area contributed by atoms with Crippen molar-refractivity contribution in [1.29, 1.82) is 0 Å². The molecule has 1 atom stereocenters. The van der Waals surface area contributed by atoms with Gasteiger partial charge in [-0.15, -0.1) is 0 Å². The highest BCUT2D eigenvalue weighted by Gasteiger charge is 2.24. The van der Waals surface area contributed by atoms with Crippen molar-refractivity contribution >= 4 is 23.4 Å². The number of carbonyl (C=O) groups excluding carboxylic acids is 3. The summed E-state index contributed by atoms with van der Waals surface area (Å²) in [7, 11) is 1.55. The molecule has 6 heteroatoms. The summed E-state index contributed by atoms with van der Waals surface area (Å²) in [6, 6.07) is 15.3. The molecule has 0 aliphatic heterocycles. The summed E-state index contributed by atoms with van der Waals surface area (Å²) in [5.41, 5.74) is 1.84. The number of rotatable bonds is 7. The van der Waals surface area contributed by atoms with E-state index in [1.807, 2.05) is 44.2 Å². The van der Waals surface area contributed by atoms with Gasteiger partial charge in [0.05, 0.1) is 6.42 Å². The lowest BCUT2D eigenvalue weighted by atomic mass is 10.0. The largest absolute Gasteiger partial charge is 0.355 e. The lowest BCUT2D eigenvalue weighted by Gasteiger charge is -2.22. The molecular formula is C21H25N3O3. The fourth-order valence-corrected chi connectivity index (χ4v) is 2.64. The molecule has 142 valence electrons. The van der Waals surface area contributed by atoms with Gasteiger partial charge in [-0.1, -0.05) is 50.2 Å². The molecule has 0 aromatic heterocycles. The second kappa shape index (κ2) is 9.52. The predicted molar refractivity (Wildman–Crippen MR) is 105 cm³/mol. The van der Waals surface area contributed by atoms with E-state index in [9.17, 15) is 14.4 Å². The Morgan fingerprint density at radius 1 is 0.963 bits per heavy atom. The van der Waals surface area contributed by atoms with E-state index in [1.54, 1.807) is 31.3 Å². The molecule has 0 fully saturated rings. The minimum Gasteiger partial charge on any atom is -0.355 e. The Kier molecular flexibility index (Phi) is 7.11. The molecule has 3 amide bonds. The Bertz CT molecular complexity index is 803. The summed E-state index contributed by atoms with van der Waals surface area (Å²) >= 11 is 0. The first kappa shape index (κ1) is 20.2. The van der Waals surface area contributed by atoms with Crippen LogP contribution in [0.25, 0.3) is 0 Å². The zero-order valence-electron chi connectivity index (χ0n) is 15.8. The van der Waals surface area contributed by atoms with E-state index in [4.69, 9.17) is 0 Å². The lowest BCUT2D eigenvalue weighted by molar-refractivity contribution is -0.127. The van der Waals surface area contributed by atoms with E-state index >= 15 is 0 Å². The van der Waals surface area contributed by atoms with E-state index in [2.05, 4.69) is 16.0 Å². The summed E-state index contributed by atoms with van der Waals surface area (Å²) in [6.45, 7) is 3.74. The molecule has 2 aromatic rings. The minimum atomic E-state index is -0.676. The van der Waals surface area contributed by atoms with Crippen LogP contribution in [0.2, 0.25) is 0 Å². The number of anilines is 1. The molecule has 1 unspecified atom stereocenters. The summed E-state index contributed by atoms with van der Waals surface area (Å²) in [5.74, 6) is -0.857. The van der Waals surface area contributed by atoms with Gasteiger partial charge in [0.1, 0.15) is 6.04 Å². The van der Waals surface area contributed by atoms with Gasteiger partial charge in [-0.25, -0.2) is 0 Å². The maximum absolute atomic E-state index is 12.7. The van der Waals surface area contributed by atoms with Crippen LogP contribution in [0.4, 0.5) is 5.69 Å². The second-order valence-electron chi connectivity index (χ2n) is 6.60. The number of benzene rings is 2. The fraction of sp³-hybridized carbons (Fsp3) is 0.286. The van der Waals surface area contributed by atoms with Crippen LogP contribution in [0.15, 0.2) is 54.6 Å². The Labute approximate surface area is 159 Å². The molecule has 0 saturated heterocycles. The van der Waals surface area contributed by atoms with E-state index in [-0.39, 0.29) is 30.1 Å². The number of amides is 3. The Hall–Kier alpha value is -3.15. The van der Waals surface area contributed by atoms with Gasteiger partial charge in [0.2, 0.25) is 11.8 Å². The van der Waals surface area contributed by atoms with Gasteiger partial charge in [0, 0.05) is 18.3 Å². The Morgan fingerprint density at radius 3 is 2.30 bits per heavy atom. The van der Waals surface area contributed by atoms with Crippen LogP contribution in [0, 0.1) is 5.92 Å². The molecule has 0 aliphatic rings. The van der Waals surface area contributed by atoms with Gasteiger partial charge in [-0.05, 0) is 29.7 Å². The molecule has 2 rings (SSSR count). The lowest BCUT2D eigenvalue weighted by Crippen LogP contribution is -2.47. The van der Waals surface area contributed by atoms with Crippen LogP contribution >= 0.6 is 0 Å². The van der Waals surface area contributed by atoms with Crippen molar-refractivity contribution in [3.63, 3.8) is 0 Å². The van der Waals surface area contributed by atoms with E-state index in [1.165, 1.54) is 0 Å². The number of carbonyl (C=O) groups is 3.